The summed E-state index contributed by atoms with van der Waals surface area (Å²) in [6.45, 7) is 0.665. The molecule has 0 aliphatic carbocycles. The molecule has 1 atom stereocenters. The van der Waals surface area contributed by atoms with Gasteiger partial charge in [0.15, 0.2) is 0 Å². The number of hydrogen-bond donors (Lipinski definition) is 0. The van der Waals surface area contributed by atoms with Crippen LogP contribution >= 0.6 is 15.9 Å². The van der Waals surface area contributed by atoms with E-state index in [2.05, 4.69) is 26.2 Å². The van der Waals surface area contributed by atoms with Crippen LogP contribution in [-0.2, 0) is 0 Å². The van der Waals surface area contributed by atoms with E-state index in [1.54, 1.807) is 0 Å². The van der Waals surface area contributed by atoms with Crippen LogP contribution < -0.4 is 0 Å². The van der Waals surface area contributed by atoms with Crippen molar-refractivity contribution in [2.45, 2.75) is 10.9 Å². The van der Waals surface area contributed by atoms with E-state index >= 15 is 0 Å². The molecule has 0 bridgehead atoms. The van der Waals surface area contributed by atoms with Gasteiger partial charge in [0.1, 0.15) is 6.07 Å². The summed E-state index contributed by atoms with van der Waals surface area (Å²) in [5, 5.41) is 15.7. The lowest BCUT2D eigenvalue weighted by atomic mass is 10.3. The molecule has 42 valence electrons. The van der Waals surface area contributed by atoms with Crippen LogP contribution in [0.2, 0.25) is 0 Å². The Balaban J connectivity index is 2.72. The number of nitrogens with zero attached hydrogens (tertiary/aromatic N) is 3. The summed E-state index contributed by atoms with van der Waals surface area (Å²) in [5.41, 5.74) is 0. The van der Waals surface area contributed by atoms with Gasteiger partial charge in [0.25, 0.3) is 0 Å². The molecule has 0 amide bonds. The first kappa shape index (κ1) is 5.70. The van der Waals surface area contributed by atoms with E-state index in [9.17, 15) is 0 Å². The van der Waals surface area contributed by atoms with Crippen molar-refractivity contribution in [2.24, 2.45) is 10.2 Å². The van der Waals surface area contributed by atoms with Crippen LogP contribution in [0.25, 0.3) is 0 Å². The van der Waals surface area contributed by atoms with Crippen LogP contribution in [0.1, 0.15) is 6.42 Å². The fourth-order valence-electron chi connectivity index (χ4n) is 0.489. The Morgan fingerprint density at radius 2 is 2.50 bits per heavy atom. The summed E-state index contributed by atoms with van der Waals surface area (Å²) in [5.74, 6) is 0. The molecule has 0 saturated carbocycles. The van der Waals surface area contributed by atoms with E-state index in [0.717, 1.165) is 0 Å². The van der Waals surface area contributed by atoms with Gasteiger partial charge < -0.3 is 0 Å². The van der Waals surface area contributed by atoms with Crippen LogP contribution in [0, 0.1) is 11.3 Å². The summed E-state index contributed by atoms with van der Waals surface area (Å²) in [7, 11) is 0. The van der Waals surface area contributed by atoms with Gasteiger partial charge in [-0.2, -0.15) is 15.5 Å². The lowest BCUT2D eigenvalue weighted by molar-refractivity contribution is 0.796. The summed E-state index contributed by atoms with van der Waals surface area (Å²) >= 11 is 3.12. The molecular weight excluding hydrogens is 170 g/mol. The van der Waals surface area contributed by atoms with Gasteiger partial charge in [-0.25, -0.2) is 0 Å². The number of hydrogen-bond acceptors (Lipinski definition) is 3. The third-order valence-corrected chi connectivity index (χ3v) is 1.68. The van der Waals surface area contributed by atoms with Crippen molar-refractivity contribution >= 4 is 15.9 Å². The largest absolute Gasteiger partial charge is 0.222 e. The second-order valence-corrected chi connectivity index (χ2v) is 2.90. The Morgan fingerprint density at radius 1 is 1.75 bits per heavy atom. The maximum atomic E-state index is 8.37. The van der Waals surface area contributed by atoms with E-state index in [4.69, 9.17) is 5.26 Å². The fraction of sp³-hybridized carbons (Fsp3) is 0.750. The SMILES string of the molecule is N#CC1(Br)CCN=N1. The molecule has 0 fully saturated rings. The second kappa shape index (κ2) is 1.82. The molecular formula is C4H4BrN3. The van der Waals surface area contributed by atoms with E-state index in [0.29, 0.717) is 13.0 Å². The molecule has 0 aromatic rings. The zero-order valence-corrected chi connectivity index (χ0v) is 5.72. The molecule has 0 radical (unpaired) electrons. The van der Waals surface area contributed by atoms with Gasteiger partial charge >= 0.3 is 0 Å². The standard InChI is InChI=1S/C4H4BrN3/c5-4(3-6)1-2-7-8-4/h1-2H2. The highest BCUT2D eigenvalue weighted by atomic mass is 79.9. The minimum absolute atomic E-state index is 0.665. The average Bonchev–Trinajstić information content (AvgIpc) is 2.17. The summed E-state index contributed by atoms with van der Waals surface area (Å²) in [4.78, 5) is 0. The predicted octanol–water partition coefficient (Wildman–Crippen LogP) is 1.46. The van der Waals surface area contributed by atoms with Gasteiger partial charge in [-0.1, -0.05) is 0 Å². The number of halogens is 1. The summed E-state index contributed by atoms with van der Waals surface area (Å²) < 4.78 is -0.687. The van der Waals surface area contributed by atoms with Crippen LogP contribution in [-0.4, -0.2) is 11.0 Å². The maximum Gasteiger partial charge on any atom is 0.222 e. The molecule has 1 heterocycles. The van der Waals surface area contributed by atoms with Gasteiger partial charge in [-0.05, 0) is 15.9 Å². The molecule has 3 nitrogen and oxygen atoms in total. The highest BCUT2D eigenvalue weighted by Crippen LogP contribution is 2.27. The van der Waals surface area contributed by atoms with Crippen LogP contribution in [0.4, 0.5) is 0 Å². The van der Waals surface area contributed by atoms with Crippen LogP contribution in [0.5, 0.6) is 0 Å². The van der Waals surface area contributed by atoms with Gasteiger partial charge in [0.05, 0.1) is 6.54 Å². The fourth-order valence-corrected chi connectivity index (χ4v) is 0.778. The van der Waals surface area contributed by atoms with Gasteiger partial charge in [-0.15, -0.1) is 0 Å². The summed E-state index contributed by atoms with van der Waals surface area (Å²) in [6, 6.07) is 2.00. The number of alkyl halides is 1. The maximum absolute atomic E-state index is 8.37. The number of rotatable bonds is 0. The Morgan fingerprint density at radius 3 is 2.75 bits per heavy atom. The zero-order valence-electron chi connectivity index (χ0n) is 4.13. The van der Waals surface area contributed by atoms with E-state index in [1.807, 2.05) is 6.07 Å². The Kier molecular flexibility index (Phi) is 1.30. The normalized spacial score (nSPS) is 35.0. The first-order valence-electron chi connectivity index (χ1n) is 2.26. The highest BCUT2D eigenvalue weighted by molar-refractivity contribution is 9.10. The zero-order chi connectivity index (χ0) is 6.04. The van der Waals surface area contributed by atoms with Crippen molar-refractivity contribution in [3.05, 3.63) is 0 Å². The minimum atomic E-state index is -0.687. The van der Waals surface area contributed by atoms with Crippen molar-refractivity contribution < 1.29 is 0 Å². The lowest BCUT2D eigenvalue weighted by Crippen LogP contribution is -2.09. The van der Waals surface area contributed by atoms with Crippen LogP contribution in [0.3, 0.4) is 0 Å². The Labute approximate surface area is 55.5 Å². The Hall–Kier alpha value is -0.430. The quantitative estimate of drug-likeness (QED) is 0.405. The Bertz CT molecular complexity index is 159. The van der Waals surface area contributed by atoms with Crippen molar-refractivity contribution in [1.82, 2.24) is 0 Å². The average molecular weight is 174 g/mol. The van der Waals surface area contributed by atoms with Gasteiger partial charge in [-0.3, -0.25) is 0 Å². The molecule has 0 aromatic heterocycles. The summed E-state index contributed by atoms with van der Waals surface area (Å²) in [6.07, 6.45) is 0.698. The minimum Gasteiger partial charge on any atom is -0.195 e. The van der Waals surface area contributed by atoms with Crippen molar-refractivity contribution in [1.29, 1.82) is 5.26 Å². The monoisotopic (exact) mass is 173 g/mol. The first-order chi connectivity index (χ1) is 3.77. The molecule has 0 saturated heterocycles. The first-order valence-corrected chi connectivity index (χ1v) is 3.05. The van der Waals surface area contributed by atoms with Gasteiger partial charge in [0, 0.05) is 6.42 Å². The van der Waals surface area contributed by atoms with Crippen molar-refractivity contribution in [2.75, 3.05) is 6.54 Å². The predicted molar refractivity (Wildman–Crippen MR) is 31.6 cm³/mol. The smallest absolute Gasteiger partial charge is 0.195 e. The molecule has 1 aliphatic heterocycles. The number of nitriles is 1. The van der Waals surface area contributed by atoms with Crippen LogP contribution in [0.15, 0.2) is 10.2 Å². The molecule has 4 heteroatoms. The lowest BCUT2D eigenvalue weighted by Gasteiger charge is -2.00. The van der Waals surface area contributed by atoms with Crippen molar-refractivity contribution in [3.63, 3.8) is 0 Å². The third kappa shape index (κ3) is 0.869. The molecule has 1 aliphatic rings. The van der Waals surface area contributed by atoms with E-state index in [1.165, 1.54) is 0 Å². The molecule has 0 aromatic carbocycles. The van der Waals surface area contributed by atoms with Crippen molar-refractivity contribution in [3.8, 4) is 6.07 Å². The molecule has 0 spiro atoms. The topological polar surface area (TPSA) is 48.5 Å². The molecule has 0 N–H and O–H groups in total. The van der Waals surface area contributed by atoms with E-state index < -0.39 is 4.45 Å². The van der Waals surface area contributed by atoms with E-state index in [-0.39, 0.29) is 0 Å². The number of azo groups is 1. The second-order valence-electron chi connectivity index (χ2n) is 1.59. The third-order valence-electron chi connectivity index (χ3n) is 0.944. The molecule has 1 rings (SSSR count). The van der Waals surface area contributed by atoms with Gasteiger partial charge in [0.2, 0.25) is 4.45 Å². The highest BCUT2D eigenvalue weighted by Gasteiger charge is 2.28. The molecule has 1 unspecified atom stereocenters. The molecule has 8 heavy (non-hydrogen) atoms.